The van der Waals surface area contributed by atoms with Crippen LogP contribution in [0.2, 0.25) is 0 Å². The molecule has 3 rings (SSSR count). The van der Waals surface area contributed by atoms with Gasteiger partial charge in [0.05, 0.1) is 9.85 Å². The van der Waals surface area contributed by atoms with E-state index in [0.717, 1.165) is 24.3 Å². The van der Waals surface area contributed by atoms with E-state index in [0.29, 0.717) is 0 Å². The third kappa shape index (κ3) is 2.97. The minimum absolute atomic E-state index is 0.0489. The quantitative estimate of drug-likeness (QED) is 0.687. The summed E-state index contributed by atoms with van der Waals surface area (Å²) in [4.78, 5) is 22.7. The van der Waals surface area contributed by atoms with Crippen molar-refractivity contribution in [1.29, 1.82) is 0 Å². The number of non-ortho nitro benzene ring substituents is 2. The highest BCUT2D eigenvalue weighted by molar-refractivity contribution is 5.53. The largest absolute Gasteiger partial charge is 0.351 e. The number of hydrogen-bond donors (Lipinski definition) is 1. The van der Waals surface area contributed by atoms with Gasteiger partial charge in [0.2, 0.25) is 0 Å². The molecule has 0 bridgehead atoms. The minimum Gasteiger partial charge on any atom is -0.351 e. The zero-order valence-electron chi connectivity index (χ0n) is 12.1. The van der Waals surface area contributed by atoms with Crippen LogP contribution in [0.15, 0.2) is 48.5 Å². The van der Waals surface area contributed by atoms with Crippen molar-refractivity contribution in [3.63, 3.8) is 0 Å². The first-order chi connectivity index (χ1) is 11.1. The van der Waals surface area contributed by atoms with Crippen LogP contribution in [0.1, 0.15) is 11.7 Å². The zero-order valence-corrected chi connectivity index (χ0v) is 12.1. The fraction of sp³-hybridized carbons (Fsp3) is 0.200. The Kier molecular flexibility index (Phi) is 3.90. The van der Waals surface area contributed by atoms with Crippen molar-refractivity contribution in [2.75, 3.05) is 18.0 Å². The van der Waals surface area contributed by atoms with E-state index in [1.807, 2.05) is 0 Å². The van der Waals surface area contributed by atoms with Gasteiger partial charge in [-0.3, -0.25) is 25.5 Å². The zero-order chi connectivity index (χ0) is 16.4. The summed E-state index contributed by atoms with van der Waals surface area (Å²) in [6.07, 6.45) is -0.114. The van der Waals surface area contributed by atoms with Gasteiger partial charge in [0, 0.05) is 43.0 Å². The molecule has 1 saturated heterocycles. The monoisotopic (exact) mass is 314 g/mol. The Morgan fingerprint density at radius 2 is 1.43 bits per heavy atom. The van der Waals surface area contributed by atoms with Gasteiger partial charge in [-0.1, -0.05) is 0 Å². The van der Waals surface area contributed by atoms with Gasteiger partial charge in [0.1, 0.15) is 6.17 Å². The third-order valence-electron chi connectivity index (χ3n) is 3.81. The number of anilines is 1. The fourth-order valence-corrected chi connectivity index (χ4v) is 2.68. The maximum atomic E-state index is 10.7. The van der Waals surface area contributed by atoms with E-state index in [2.05, 4.69) is 10.2 Å². The molecule has 0 spiro atoms. The van der Waals surface area contributed by atoms with E-state index < -0.39 is 9.85 Å². The lowest BCUT2D eigenvalue weighted by Gasteiger charge is -2.26. The Morgan fingerprint density at radius 1 is 0.913 bits per heavy atom. The summed E-state index contributed by atoms with van der Waals surface area (Å²) < 4.78 is 0. The van der Waals surface area contributed by atoms with Crippen LogP contribution in [0.25, 0.3) is 0 Å². The maximum Gasteiger partial charge on any atom is 0.269 e. The Hall–Kier alpha value is -3.00. The molecule has 1 fully saturated rings. The van der Waals surface area contributed by atoms with Crippen LogP contribution in [-0.4, -0.2) is 22.9 Å². The molecule has 8 heteroatoms. The number of nitrogens with one attached hydrogen (secondary N) is 1. The Morgan fingerprint density at radius 3 is 1.96 bits per heavy atom. The first-order valence-electron chi connectivity index (χ1n) is 7.05. The Balaban J connectivity index is 1.84. The highest BCUT2D eigenvalue weighted by Gasteiger charge is 2.26. The highest BCUT2D eigenvalue weighted by Crippen LogP contribution is 2.30. The Bertz CT molecular complexity index is 667. The first kappa shape index (κ1) is 14.9. The number of nitro benzene ring substituents is 2. The second kappa shape index (κ2) is 6.01. The molecule has 8 nitrogen and oxygen atoms in total. The SMILES string of the molecule is O=[N+]([O-])c1ccc(C2NCCN2c2ccc([N+](=O)[O-])cc2)cc1. The molecule has 1 aliphatic rings. The summed E-state index contributed by atoms with van der Waals surface area (Å²) in [6, 6.07) is 12.8. The summed E-state index contributed by atoms with van der Waals surface area (Å²) in [7, 11) is 0. The van der Waals surface area contributed by atoms with Crippen molar-refractivity contribution in [2.24, 2.45) is 0 Å². The number of nitro groups is 2. The fourth-order valence-electron chi connectivity index (χ4n) is 2.68. The van der Waals surface area contributed by atoms with Crippen LogP contribution in [0.4, 0.5) is 17.1 Å². The van der Waals surface area contributed by atoms with Gasteiger partial charge >= 0.3 is 0 Å². The van der Waals surface area contributed by atoms with Gasteiger partial charge in [-0.2, -0.15) is 0 Å². The lowest BCUT2D eigenvalue weighted by atomic mass is 10.1. The van der Waals surface area contributed by atoms with Crippen LogP contribution in [0.3, 0.4) is 0 Å². The maximum absolute atomic E-state index is 10.7. The second-order valence-electron chi connectivity index (χ2n) is 5.17. The molecule has 2 aromatic rings. The molecule has 2 aromatic carbocycles. The molecule has 118 valence electrons. The lowest BCUT2D eigenvalue weighted by molar-refractivity contribution is -0.385. The van der Waals surface area contributed by atoms with Gasteiger partial charge in [-0.05, 0) is 29.8 Å². The van der Waals surface area contributed by atoms with Crippen molar-refractivity contribution in [1.82, 2.24) is 5.32 Å². The Labute approximate surface area is 131 Å². The van der Waals surface area contributed by atoms with E-state index >= 15 is 0 Å². The molecule has 23 heavy (non-hydrogen) atoms. The number of hydrogen-bond acceptors (Lipinski definition) is 6. The number of rotatable bonds is 4. The third-order valence-corrected chi connectivity index (χ3v) is 3.81. The average molecular weight is 314 g/mol. The lowest BCUT2D eigenvalue weighted by Crippen LogP contribution is -2.27. The van der Waals surface area contributed by atoms with Crippen molar-refractivity contribution in [2.45, 2.75) is 6.17 Å². The average Bonchev–Trinajstić information content (AvgIpc) is 3.04. The molecular formula is C15H14N4O4. The summed E-state index contributed by atoms with van der Waals surface area (Å²) in [5.41, 5.74) is 1.87. The molecule has 0 aromatic heterocycles. The predicted molar refractivity (Wildman–Crippen MR) is 84.3 cm³/mol. The summed E-state index contributed by atoms with van der Waals surface area (Å²) in [6.45, 7) is 1.51. The van der Waals surface area contributed by atoms with Gasteiger partial charge < -0.3 is 4.90 Å². The molecular weight excluding hydrogens is 300 g/mol. The summed E-state index contributed by atoms with van der Waals surface area (Å²) in [5.74, 6) is 0. The normalized spacial score (nSPS) is 17.2. The molecule has 1 heterocycles. The smallest absolute Gasteiger partial charge is 0.269 e. The first-order valence-corrected chi connectivity index (χ1v) is 7.05. The number of nitrogens with zero attached hydrogens (tertiary/aromatic N) is 3. The van der Waals surface area contributed by atoms with Crippen LogP contribution in [0, 0.1) is 20.2 Å². The minimum atomic E-state index is -0.431. The van der Waals surface area contributed by atoms with Crippen molar-refractivity contribution in [3.8, 4) is 0 Å². The van der Waals surface area contributed by atoms with Gasteiger partial charge in [-0.25, -0.2) is 0 Å². The van der Waals surface area contributed by atoms with E-state index in [4.69, 9.17) is 0 Å². The predicted octanol–water partition coefficient (Wildman–Crippen LogP) is 2.61. The standard InChI is InChI=1S/C15H14N4O4/c20-18(21)13-3-1-11(2-4-13)15-16-9-10-17(15)12-5-7-14(8-6-12)19(22)23/h1-8,15-16H,9-10H2. The van der Waals surface area contributed by atoms with E-state index in [1.165, 1.54) is 24.3 Å². The van der Waals surface area contributed by atoms with Crippen LogP contribution < -0.4 is 10.2 Å². The van der Waals surface area contributed by atoms with Gasteiger partial charge in [0.15, 0.2) is 0 Å². The van der Waals surface area contributed by atoms with Crippen molar-refractivity contribution < 1.29 is 9.85 Å². The van der Waals surface area contributed by atoms with Gasteiger partial charge in [0.25, 0.3) is 11.4 Å². The molecule has 1 atom stereocenters. The van der Waals surface area contributed by atoms with Crippen molar-refractivity contribution >= 4 is 17.1 Å². The molecule has 0 radical (unpaired) electrons. The van der Waals surface area contributed by atoms with Crippen LogP contribution >= 0.6 is 0 Å². The molecule has 1 N–H and O–H groups in total. The highest BCUT2D eigenvalue weighted by atomic mass is 16.6. The molecule has 1 unspecified atom stereocenters. The van der Waals surface area contributed by atoms with Crippen LogP contribution in [-0.2, 0) is 0 Å². The molecule has 0 aliphatic carbocycles. The van der Waals surface area contributed by atoms with E-state index in [9.17, 15) is 20.2 Å². The van der Waals surface area contributed by atoms with E-state index in [1.54, 1.807) is 24.3 Å². The molecule has 0 saturated carbocycles. The topological polar surface area (TPSA) is 102 Å². The summed E-state index contributed by atoms with van der Waals surface area (Å²) in [5, 5.41) is 24.8. The second-order valence-corrected chi connectivity index (χ2v) is 5.17. The van der Waals surface area contributed by atoms with Gasteiger partial charge in [-0.15, -0.1) is 0 Å². The van der Waals surface area contributed by atoms with E-state index in [-0.39, 0.29) is 17.5 Å². The summed E-state index contributed by atoms with van der Waals surface area (Å²) >= 11 is 0. The molecule has 0 amide bonds. The molecule has 1 aliphatic heterocycles. The van der Waals surface area contributed by atoms with Crippen molar-refractivity contribution in [3.05, 3.63) is 74.3 Å². The number of benzene rings is 2. The van der Waals surface area contributed by atoms with Crippen LogP contribution in [0.5, 0.6) is 0 Å².